The first kappa shape index (κ1) is 20.3. The number of halogens is 4. The van der Waals surface area contributed by atoms with Crippen LogP contribution in [0.4, 0.5) is 19.0 Å². The molecule has 4 rings (SSSR count). The number of hydrogen-bond donors (Lipinski definition) is 1. The SMILES string of the molecule is O=C(NCC1CCC(F)(F)CC1)c1c(Cl)ccc2nc(N3CCC(F)C3)ccc12. The van der Waals surface area contributed by atoms with E-state index in [4.69, 9.17) is 11.6 Å². The molecule has 8 heteroatoms. The molecule has 1 atom stereocenters. The number of fused-ring (bicyclic) bond motifs is 1. The van der Waals surface area contributed by atoms with Gasteiger partial charge in [0.25, 0.3) is 5.91 Å². The zero-order valence-electron chi connectivity index (χ0n) is 15.9. The summed E-state index contributed by atoms with van der Waals surface area (Å²) in [5, 5.41) is 3.77. The van der Waals surface area contributed by atoms with Crippen molar-refractivity contribution in [1.29, 1.82) is 0 Å². The number of carbonyl (C=O) groups excluding carboxylic acids is 1. The molecular formula is C21H23ClF3N3O. The van der Waals surface area contributed by atoms with Gasteiger partial charge in [-0.05, 0) is 49.4 Å². The molecule has 1 aromatic carbocycles. The minimum absolute atomic E-state index is 0.0425. The van der Waals surface area contributed by atoms with Gasteiger partial charge in [0.15, 0.2) is 0 Å². The minimum atomic E-state index is -2.58. The normalized spacial score (nSPS) is 22.2. The van der Waals surface area contributed by atoms with Crippen molar-refractivity contribution in [3.05, 3.63) is 34.9 Å². The van der Waals surface area contributed by atoms with Crippen LogP contribution < -0.4 is 10.2 Å². The highest BCUT2D eigenvalue weighted by Crippen LogP contribution is 2.36. The summed E-state index contributed by atoms with van der Waals surface area (Å²) in [5.74, 6) is -2.20. The van der Waals surface area contributed by atoms with Crippen LogP contribution in [-0.2, 0) is 0 Å². The van der Waals surface area contributed by atoms with Crippen molar-refractivity contribution in [2.45, 2.75) is 44.2 Å². The van der Waals surface area contributed by atoms with Gasteiger partial charge in [0, 0.05) is 31.3 Å². The highest BCUT2D eigenvalue weighted by molar-refractivity contribution is 6.35. The van der Waals surface area contributed by atoms with E-state index >= 15 is 0 Å². The summed E-state index contributed by atoms with van der Waals surface area (Å²) in [6, 6.07) is 6.92. The van der Waals surface area contributed by atoms with Crippen molar-refractivity contribution in [3.8, 4) is 0 Å². The van der Waals surface area contributed by atoms with Gasteiger partial charge in [-0.2, -0.15) is 0 Å². The topological polar surface area (TPSA) is 45.2 Å². The highest BCUT2D eigenvalue weighted by atomic mass is 35.5. The third-order valence-corrected chi connectivity index (χ3v) is 6.19. The molecule has 2 aliphatic rings. The van der Waals surface area contributed by atoms with Crippen LogP contribution in [0, 0.1) is 5.92 Å². The molecule has 0 spiro atoms. The van der Waals surface area contributed by atoms with E-state index in [0.717, 1.165) is 0 Å². The zero-order valence-corrected chi connectivity index (χ0v) is 16.7. The standard InChI is InChI=1S/C21H23ClF3N3O/c22-16-2-3-17-15(1-4-18(27-17)28-10-7-14(23)12-28)19(16)20(29)26-11-13-5-8-21(24,25)9-6-13/h1-4,13-14H,5-12H2,(H,26,29). The monoisotopic (exact) mass is 425 g/mol. The van der Waals surface area contributed by atoms with E-state index in [2.05, 4.69) is 10.3 Å². The van der Waals surface area contributed by atoms with E-state index in [1.165, 1.54) is 0 Å². The van der Waals surface area contributed by atoms with E-state index in [1.54, 1.807) is 24.3 Å². The van der Waals surface area contributed by atoms with Gasteiger partial charge in [-0.1, -0.05) is 11.6 Å². The van der Waals surface area contributed by atoms with Crippen molar-refractivity contribution in [2.24, 2.45) is 5.92 Å². The summed E-state index contributed by atoms with van der Waals surface area (Å²) in [7, 11) is 0. The van der Waals surface area contributed by atoms with Crippen LogP contribution >= 0.6 is 11.6 Å². The largest absolute Gasteiger partial charge is 0.354 e. The fourth-order valence-electron chi connectivity index (χ4n) is 4.13. The Morgan fingerprint density at radius 2 is 1.97 bits per heavy atom. The van der Waals surface area contributed by atoms with Gasteiger partial charge in [-0.3, -0.25) is 4.79 Å². The maximum absolute atomic E-state index is 13.5. The van der Waals surface area contributed by atoms with Gasteiger partial charge in [0.2, 0.25) is 5.92 Å². The lowest BCUT2D eigenvalue weighted by atomic mass is 9.87. The number of nitrogens with one attached hydrogen (secondary N) is 1. The molecule has 0 radical (unpaired) electrons. The predicted octanol–water partition coefficient (Wildman–Crippen LogP) is 4.99. The second kappa shape index (κ2) is 8.01. The zero-order chi connectivity index (χ0) is 20.6. The number of nitrogens with zero attached hydrogens (tertiary/aromatic N) is 2. The molecule has 2 aromatic rings. The predicted molar refractivity (Wildman–Crippen MR) is 108 cm³/mol. The number of amides is 1. The lowest BCUT2D eigenvalue weighted by Crippen LogP contribution is -2.34. The van der Waals surface area contributed by atoms with Crippen LogP contribution in [0.15, 0.2) is 24.3 Å². The van der Waals surface area contributed by atoms with Crippen LogP contribution in [-0.4, -0.2) is 42.6 Å². The Balaban J connectivity index is 1.50. The third-order valence-electron chi connectivity index (χ3n) is 5.88. The summed E-state index contributed by atoms with van der Waals surface area (Å²) < 4.78 is 40.1. The molecule has 1 saturated heterocycles. The van der Waals surface area contributed by atoms with Gasteiger partial charge in [-0.15, -0.1) is 0 Å². The molecule has 1 unspecified atom stereocenters. The Bertz CT molecular complexity index is 913. The highest BCUT2D eigenvalue weighted by Gasteiger charge is 2.35. The number of anilines is 1. The first-order valence-corrected chi connectivity index (χ1v) is 10.3. The second-order valence-corrected chi connectivity index (χ2v) is 8.41. The van der Waals surface area contributed by atoms with E-state index in [-0.39, 0.29) is 24.7 Å². The van der Waals surface area contributed by atoms with Crippen LogP contribution in [0.1, 0.15) is 42.5 Å². The van der Waals surface area contributed by atoms with Crippen LogP contribution in [0.25, 0.3) is 10.9 Å². The Hall–Kier alpha value is -2.02. The lowest BCUT2D eigenvalue weighted by molar-refractivity contribution is -0.0452. The fraction of sp³-hybridized carbons (Fsp3) is 0.524. The van der Waals surface area contributed by atoms with Gasteiger partial charge in [0.05, 0.1) is 22.6 Å². The molecule has 4 nitrogen and oxygen atoms in total. The Morgan fingerprint density at radius 1 is 1.21 bits per heavy atom. The van der Waals surface area contributed by atoms with E-state index in [1.807, 2.05) is 4.90 Å². The average molecular weight is 426 g/mol. The molecule has 1 amide bonds. The summed E-state index contributed by atoms with van der Waals surface area (Å²) in [6.45, 7) is 1.28. The van der Waals surface area contributed by atoms with Gasteiger partial charge >= 0.3 is 0 Å². The number of alkyl halides is 3. The van der Waals surface area contributed by atoms with Crippen molar-refractivity contribution < 1.29 is 18.0 Å². The van der Waals surface area contributed by atoms with Gasteiger partial charge < -0.3 is 10.2 Å². The molecule has 1 saturated carbocycles. The lowest BCUT2D eigenvalue weighted by Gasteiger charge is -2.28. The van der Waals surface area contributed by atoms with Crippen LogP contribution in [0.3, 0.4) is 0 Å². The Morgan fingerprint density at radius 3 is 2.66 bits per heavy atom. The first-order valence-electron chi connectivity index (χ1n) is 9.97. The molecular weight excluding hydrogens is 403 g/mol. The number of aromatic nitrogens is 1. The van der Waals surface area contributed by atoms with E-state index < -0.39 is 12.1 Å². The summed E-state index contributed by atoms with van der Waals surface area (Å²) in [6.07, 6.45) is 0.163. The first-order chi connectivity index (χ1) is 13.8. The summed E-state index contributed by atoms with van der Waals surface area (Å²) in [5.41, 5.74) is 0.936. The molecule has 1 aromatic heterocycles. The number of pyridine rings is 1. The van der Waals surface area contributed by atoms with Gasteiger partial charge in [0.1, 0.15) is 12.0 Å². The Labute approximate surface area is 172 Å². The number of rotatable bonds is 4. The minimum Gasteiger partial charge on any atom is -0.354 e. The fourth-order valence-corrected chi connectivity index (χ4v) is 4.38. The molecule has 2 fully saturated rings. The number of hydrogen-bond acceptors (Lipinski definition) is 3. The van der Waals surface area contributed by atoms with E-state index in [9.17, 15) is 18.0 Å². The molecule has 2 heterocycles. The molecule has 156 valence electrons. The maximum Gasteiger partial charge on any atom is 0.253 e. The third kappa shape index (κ3) is 4.44. The number of carbonyl (C=O) groups is 1. The van der Waals surface area contributed by atoms with Gasteiger partial charge in [-0.25, -0.2) is 18.2 Å². The quantitative estimate of drug-likeness (QED) is 0.750. The molecule has 0 bridgehead atoms. The summed E-state index contributed by atoms with van der Waals surface area (Å²) in [4.78, 5) is 19.3. The summed E-state index contributed by atoms with van der Waals surface area (Å²) >= 11 is 6.30. The van der Waals surface area contributed by atoms with Crippen LogP contribution in [0.2, 0.25) is 5.02 Å². The number of benzene rings is 1. The molecule has 1 N–H and O–H groups in total. The maximum atomic E-state index is 13.5. The smallest absolute Gasteiger partial charge is 0.253 e. The van der Waals surface area contributed by atoms with Crippen molar-refractivity contribution >= 4 is 34.2 Å². The van der Waals surface area contributed by atoms with Crippen LogP contribution in [0.5, 0.6) is 0 Å². The van der Waals surface area contributed by atoms with Crippen molar-refractivity contribution in [2.75, 3.05) is 24.5 Å². The van der Waals surface area contributed by atoms with E-state index in [0.29, 0.717) is 66.2 Å². The molecule has 29 heavy (non-hydrogen) atoms. The average Bonchev–Trinajstić information content (AvgIpc) is 3.13. The van der Waals surface area contributed by atoms with Crippen molar-refractivity contribution in [3.63, 3.8) is 0 Å². The second-order valence-electron chi connectivity index (χ2n) is 8.00. The Kier molecular flexibility index (Phi) is 5.60. The van der Waals surface area contributed by atoms with Crippen molar-refractivity contribution in [1.82, 2.24) is 10.3 Å². The molecule has 1 aliphatic heterocycles. The molecule has 1 aliphatic carbocycles.